The van der Waals surface area contributed by atoms with Crippen LogP contribution in [-0.2, 0) is 9.53 Å². The van der Waals surface area contributed by atoms with Crippen LogP contribution in [0, 0.1) is 0 Å². The van der Waals surface area contributed by atoms with Crippen molar-refractivity contribution in [1.82, 2.24) is 9.80 Å². The van der Waals surface area contributed by atoms with Crippen LogP contribution in [0.4, 0.5) is 4.79 Å². The first-order valence-electron chi connectivity index (χ1n) is 6.27. The normalized spacial score (nSPS) is 26.2. The number of fused-ring (bicyclic) bond motifs is 1. The summed E-state index contributed by atoms with van der Waals surface area (Å²) < 4.78 is 5.32. The van der Waals surface area contributed by atoms with Crippen LogP contribution >= 0.6 is 0 Å². The standard InChI is InChI=1S/C12H20N4O3/c1-12(2,3)19-11(18)16-5-7-8(6-16)15(4)10(14-7)9(13)17/h7-8H,5-6H2,1-4H3,(H2,13,17). The quantitative estimate of drug-likeness (QED) is 0.713. The van der Waals surface area contributed by atoms with Crippen LogP contribution in [-0.4, -0.2) is 65.5 Å². The van der Waals surface area contributed by atoms with E-state index in [0.29, 0.717) is 18.9 Å². The largest absolute Gasteiger partial charge is 0.444 e. The lowest BCUT2D eigenvalue weighted by Crippen LogP contribution is -2.43. The smallest absolute Gasteiger partial charge is 0.410 e. The highest BCUT2D eigenvalue weighted by atomic mass is 16.6. The molecule has 2 heterocycles. The Balaban J connectivity index is 2.03. The molecule has 0 saturated carbocycles. The zero-order valence-corrected chi connectivity index (χ0v) is 11.7. The topological polar surface area (TPSA) is 88.2 Å². The van der Waals surface area contributed by atoms with Gasteiger partial charge in [0.05, 0.1) is 12.1 Å². The van der Waals surface area contributed by atoms with Gasteiger partial charge in [0.2, 0.25) is 0 Å². The Morgan fingerprint density at radius 2 is 2.00 bits per heavy atom. The first-order chi connectivity index (χ1) is 8.69. The summed E-state index contributed by atoms with van der Waals surface area (Å²) in [7, 11) is 1.77. The third-order valence-electron chi connectivity index (χ3n) is 3.25. The van der Waals surface area contributed by atoms with Crippen molar-refractivity contribution >= 4 is 17.8 Å². The Hall–Kier alpha value is -1.79. The number of primary amides is 1. The average molecular weight is 268 g/mol. The molecule has 2 rings (SSSR count). The monoisotopic (exact) mass is 268 g/mol. The van der Waals surface area contributed by atoms with Gasteiger partial charge in [-0.3, -0.25) is 9.79 Å². The molecule has 1 fully saturated rings. The Bertz CT molecular complexity index is 441. The first-order valence-corrected chi connectivity index (χ1v) is 6.27. The van der Waals surface area contributed by atoms with E-state index in [2.05, 4.69) is 4.99 Å². The molecule has 2 aliphatic heterocycles. The van der Waals surface area contributed by atoms with Crippen LogP contribution in [0.2, 0.25) is 0 Å². The maximum absolute atomic E-state index is 12.0. The van der Waals surface area contributed by atoms with Crippen LogP contribution in [0.3, 0.4) is 0 Å². The van der Waals surface area contributed by atoms with E-state index >= 15 is 0 Å². The van der Waals surface area contributed by atoms with Gasteiger partial charge in [0, 0.05) is 20.1 Å². The number of aliphatic imine (C=N–C) groups is 1. The second-order valence-electron chi connectivity index (χ2n) is 5.95. The summed E-state index contributed by atoms with van der Waals surface area (Å²) in [5, 5.41) is 0. The molecule has 0 aromatic rings. The molecule has 2 amide bonds. The number of amidine groups is 1. The maximum atomic E-state index is 12.0. The number of carbonyl (C=O) groups is 2. The van der Waals surface area contributed by atoms with E-state index in [1.165, 1.54) is 0 Å². The summed E-state index contributed by atoms with van der Waals surface area (Å²) in [5.41, 5.74) is 4.74. The van der Waals surface area contributed by atoms with E-state index in [0.717, 1.165) is 0 Å². The predicted octanol–water partition coefficient (Wildman–Crippen LogP) is -0.196. The van der Waals surface area contributed by atoms with E-state index in [1.807, 2.05) is 20.8 Å². The number of rotatable bonds is 1. The highest BCUT2D eigenvalue weighted by Gasteiger charge is 2.44. The molecule has 2 unspecified atom stereocenters. The van der Waals surface area contributed by atoms with Crippen molar-refractivity contribution in [3.05, 3.63) is 0 Å². The number of amides is 2. The molecule has 7 heteroatoms. The zero-order chi connectivity index (χ0) is 14.4. The molecule has 0 aromatic heterocycles. The SMILES string of the molecule is CN1C(C(N)=O)=NC2CN(C(=O)OC(C)(C)C)CC21. The summed E-state index contributed by atoms with van der Waals surface area (Å²) in [6.07, 6.45) is -0.342. The summed E-state index contributed by atoms with van der Waals surface area (Å²) in [6.45, 7) is 6.45. The second kappa shape index (κ2) is 4.40. The van der Waals surface area contributed by atoms with Crippen molar-refractivity contribution in [1.29, 1.82) is 0 Å². The van der Waals surface area contributed by atoms with E-state index in [9.17, 15) is 9.59 Å². The lowest BCUT2D eigenvalue weighted by Gasteiger charge is -2.26. The van der Waals surface area contributed by atoms with Gasteiger partial charge in [-0.2, -0.15) is 0 Å². The minimum Gasteiger partial charge on any atom is -0.444 e. The fourth-order valence-electron chi connectivity index (χ4n) is 2.40. The number of carbonyl (C=O) groups excluding carboxylic acids is 2. The average Bonchev–Trinajstić information content (AvgIpc) is 2.76. The minimum absolute atomic E-state index is 0.00928. The van der Waals surface area contributed by atoms with Gasteiger partial charge in [-0.15, -0.1) is 0 Å². The fourth-order valence-corrected chi connectivity index (χ4v) is 2.40. The molecule has 2 N–H and O–H groups in total. The molecule has 0 spiro atoms. The van der Waals surface area contributed by atoms with Crippen LogP contribution in [0.1, 0.15) is 20.8 Å². The highest BCUT2D eigenvalue weighted by molar-refractivity contribution is 6.37. The van der Waals surface area contributed by atoms with Crippen LogP contribution in [0.25, 0.3) is 0 Å². The Labute approximate surface area is 112 Å². The lowest BCUT2D eigenvalue weighted by molar-refractivity contribution is -0.112. The first kappa shape index (κ1) is 13.6. The van der Waals surface area contributed by atoms with Gasteiger partial charge >= 0.3 is 6.09 Å². The summed E-state index contributed by atoms with van der Waals surface area (Å²) in [4.78, 5) is 30.8. The van der Waals surface area contributed by atoms with Gasteiger partial charge in [-0.25, -0.2) is 4.79 Å². The summed E-state index contributed by atoms with van der Waals surface area (Å²) >= 11 is 0. The number of ether oxygens (including phenoxy) is 1. The van der Waals surface area contributed by atoms with Crippen molar-refractivity contribution in [3.8, 4) is 0 Å². The number of nitrogens with two attached hydrogens (primary N) is 1. The molecule has 1 saturated heterocycles. The highest BCUT2D eigenvalue weighted by Crippen LogP contribution is 2.25. The summed E-state index contributed by atoms with van der Waals surface area (Å²) in [5.74, 6) is -0.237. The van der Waals surface area contributed by atoms with E-state index < -0.39 is 11.5 Å². The maximum Gasteiger partial charge on any atom is 0.410 e. The van der Waals surface area contributed by atoms with Crippen LogP contribution < -0.4 is 5.73 Å². The Morgan fingerprint density at radius 1 is 1.37 bits per heavy atom. The van der Waals surface area contributed by atoms with E-state index in [-0.39, 0.29) is 18.2 Å². The van der Waals surface area contributed by atoms with E-state index in [1.54, 1.807) is 16.8 Å². The molecule has 106 valence electrons. The van der Waals surface area contributed by atoms with Gasteiger partial charge in [0.15, 0.2) is 5.84 Å². The predicted molar refractivity (Wildman–Crippen MR) is 69.8 cm³/mol. The van der Waals surface area contributed by atoms with Crippen LogP contribution in [0.15, 0.2) is 4.99 Å². The Morgan fingerprint density at radius 3 is 2.47 bits per heavy atom. The number of hydrogen-bond donors (Lipinski definition) is 1. The molecule has 0 bridgehead atoms. The number of likely N-dealkylation sites (tertiary alicyclic amines) is 1. The number of likely N-dealkylation sites (N-methyl/N-ethyl adjacent to an activating group) is 1. The summed E-state index contributed by atoms with van der Waals surface area (Å²) in [6, 6.07) is -0.0879. The lowest BCUT2D eigenvalue weighted by atomic mass is 10.2. The molecular weight excluding hydrogens is 248 g/mol. The molecule has 2 atom stereocenters. The fraction of sp³-hybridized carbons (Fsp3) is 0.750. The molecule has 2 aliphatic rings. The minimum atomic E-state index is -0.527. The molecule has 0 radical (unpaired) electrons. The van der Waals surface area contributed by atoms with Crippen LogP contribution in [0.5, 0.6) is 0 Å². The third kappa shape index (κ3) is 2.64. The number of nitrogens with zero attached hydrogens (tertiary/aromatic N) is 3. The molecule has 0 aliphatic carbocycles. The van der Waals surface area contributed by atoms with Crippen molar-refractivity contribution in [2.75, 3.05) is 20.1 Å². The van der Waals surface area contributed by atoms with Gasteiger partial charge in [0.1, 0.15) is 5.60 Å². The molecule has 0 aromatic carbocycles. The van der Waals surface area contributed by atoms with Crippen molar-refractivity contribution in [2.45, 2.75) is 38.5 Å². The zero-order valence-electron chi connectivity index (χ0n) is 11.7. The van der Waals surface area contributed by atoms with Crippen molar-refractivity contribution in [2.24, 2.45) is 10.7 Å². The molecule has 19 heavy (non-hydrogen) atoms. The molecular formula is C12H20N4O3. The van der Waals surface area contributed by atoms with Gasteiger partial charge in [-0.05, 0) is 20.8 Å². The van der Waals surface area contributed by atoms with Crippen molar-refractivity contribution in [3.63, 3.8) is 0 Å². The van der Waals surface area contributed by atoms with Gasteiger partial charge in [-0.1, -0.05) is 0 Å². The molecule has 7 nitrogen and oxygen atoms in total. The van der Waals surface area contributed by atoms with Gasteiger partial charge in [0.25, 0.3) is 5.91 Å². The third-order valence-corrected chi connectivity index (χ3v) is 3.25. The Kier molecular flexibility index (Phi) is 3.15. The number of hydrogen-bond acceptors (Lipinski definition) is 5. The van der Waals surface area contributed by atoms with Crippen molar-refractivity contribution < 1.29 is 14.3 Å². The second-order valence-corrected chi connectivity index (χ2v) is 5.95. The van der Waals surface area contributed by atoms with E-state index in [4.69, 9.17) is 10.5 Å². The van der Waals surface area contributed by atoms with Gasteiger partial charge < -0.3 is 20.3 Å².